The van der Waals surface area contributed by atoms with Gasteiger partial charge in [-0.3, -0.25) is 4.79 Å². The number of amides is 1. The van der Waals surface area contributed by atoms with Crippen LogP contribution in [0, 0.1) is 0 Å². The number of benzene rings is 2. The molecular formula is C17H19NO2. The second kappa shape index (κ2) is 6.75. The molecule has 0 bridgehead atoms. The van der Waals surface area contributed by atoms with Crippen molar-refractivity contribution in [2.75, 3.05) is 7.11 Å². The predicted molar refractivity (Wildman–Crippen MR) is 79.9 cm³/mol. The number of nitrogens with one attached hydrogen (secondary N) is 1. The van der Waals surface area contributed by atoms with Gasteiger partial charge in [0.2, 0.25) is 0 Å². The van der Waals surface area contributed by atoms with Crippen LogP contribution < -0.4 is 10.1 Å². The van der Waals surface area contributed by atoms with Gasteiger partial charge in [0.15, 0.2) is 0 Å². The molecule has 0 saturated carbocycles. The predicted octanol–water partition coefficient (Wildman–Crippen LogP) is 3.58. The molecule has 0 aliphatic carbocycles. The smallest absolute Gasteiger partial charge is 0.255 e. The first-order valence-electron chi connectivity index (χ1n) is 6.75. The highest BCUT2D eigenvalue weighted by Gasteiger charge is 2.16. The number of methoxy groups -OCH3 is 1. The second-order valence-corrected chi connectivity index (χ2v) is 4.55. The first kappa shape index (κ1) is 14.1. The Morgan fingerprint density at radius 2 is 1.75 bits per heavy atom. The summed E-state index contributed by atoms with van der Waals surface area (Å²) in [6.45, 7) is 2.06. The molecule has 0 unspecified atom stereocenters. The summed E-state index contributed by atoms with van der Waals surface area (Å²) in [5.74, 6) is 0.478. The van der Waals surface area contributed by atoms with E-state index in [9.17, 15) is 4.79 Å². The summed E-state index contributed by atoms with van der Waals surface area (Å²) in [5, 5.41) is 3.06. The van der Waals surface area contributed by atoms with E-state index in [0.29, 0.717) is 11.3 Å². The van der Waals surface area contributed by atoms with Gasteiger partial charge in [-0.15, -0.1) is 0 Å². The van der Waals surface area contributed by atoms with E-state index >= 15 is 0 Å². The molecule has 0 saturated heterocycles. The average molecular weight is 269 g/mol. The van der Waals surface area contributed by atoms with Gasteiger partial charge >= 0.3 is 0 Å². The minimum absolute atomic E-state index is 0.00797. The molecule has 0 fully saturated rings. The van der Waals surface area contributed by atoms with Gasteiger partial charge < -0.3 is 10.1 Å². The maximum atomic E-state index is 12.4. The summed E-state index contributed by atoms with van der Waals surface area (Å²) in [6.07, 6.45) is 0.838. The van der Waals surface area contributed by atoms with E-state index < -0.39 is 0 Å². The third-order valence-corrected chi connectivity index (χ3v) is 3.27. The molecule has 1 atom stereocenters. The van der Waals surface area contributed by atoms with Gasteiger partial charge in [0.1, 0.15) is 5.75 Å². The van der Waals surface area contributed by atoms with Crippen molar-refractivity contribution in [3.8, 4) is 5.75 Å². The van der Waals surface area contributed by atoms with E-state index in [4.69, 9.17) is 4.74 Å². The Kier molecular flexibility index (Phi) is 4.77. The summed E-state index contributed by atoms with van der Waals surface area (Å²) < 4.78 is 5.23. The van der Waals surface area contributed by atoms with E-state index in [-0.39, 0.29) is 11.9 Å². The van der Waals surface area contributed by atoms with Gasteiger partial charge in [0, 0.05) is 0 Å². The third kappa shape index (κ3) is 3.18. The number of rotatable bonds is 5. The van der Waals surface area contributed by atoms with Crippen LogP contribution in [0.3, 0.4) is 0 Å². The van der Waals surface area contributed by atoms with Crippen LogP contribution in [0.1, 0.15) is 35.3 Å². The molecule has 104 valence electrons. The van der Waals surface area contributed by atoms with Crippen molar-refractivity contribution in [2.45, 2.75) is 19.4 Å². The van der Waals surface area contributed by atoms with Crippen molar-refractivity contribution < 1.29 is 9.53 Å². The summed E-state index contributed by atoms with van der Waals surface area (Å²) in [4.78, 5) is 12.4. The SMILES string of the molecule is CC[C@H](NC(=O)c1ccccc1OC)c1ccccc1. The van der Waals surface area contributed by atoms with Crippen molar-refractivity contribution in [1.29, 1.82) is 0 Å². The molecular weight excluding hydrogens is 250 g/mol. The number of carbonyl (C=O) groups excluding carboxylic acids is 1. The van der Waals surface area contributed by atoms with Crippen LogP contribution in [-0.4, -0.2) is 13.0 Å². The Labute approximate surface area is 119 Å². The Bertz CT molecular complexity index is 566. The van der Waals surface area contributed by atoms with E-state index in [1.54, 1.807) is 19.2 Å². The van der Waals surface area contributed by atoms with Gasteiger partial charge in [0.05, 0.1) is 18.7 Å². The summed E-state index contributed by atoms with van der Waals surface area (Å²) >= 11 is 0. The highest BCUT2D eigenvalue weighted by Crippen LogP contribution is 2.20. The molecule has 0 aliphatic rings. The molecule has 2 rings (SSSR count). The van der Waals surface area contributed by atoms with E-state index in [1.807, 2.05) is 42.5 Å². The first-order valence-corrected chi connectivity index (χ1v) is 6.75. The zero-order valence-electron chi connectivity index (χ0n) is 11.8. The quantitative estimate of drug-likeness (QED) is 0.901. The summed E-state index contributed by atoms with van der Waals surface area (Å²) in [6, 6.07) is 17.2. The molecule has 1 N–H and O–H groups in total. The normalized spacial score (nSPS) is 11.7. The second-order valence-electron chi connectivity index (χ2n) is 4.55. The summed E-state index contributed by atoms with van der Waals surface area (Å²) in [7, 11) is 1.57. The van der Waals surface area contributed by atoms with Crippen molar-refractivity contribution in [2.24, 2.45) is 0 Å². The zero-order chi connectivity index (χ0) is 14.4. The number of ether oxygens (including phenoxy) is 1. The van der Waals surface area contributed by atoms with Gasteiger partial charge in [-0.1, -0.05) is 49.4 Å². The minimum atomic E-state index is -0.113. The Morgan fingerprint density at radius 3 is 2.40 bits per heavy atom. The van der Waals surface area contributed by atoms with E-state index in [1.165, 1.54) is 0 Å². The van der Waals surface area contributed by atoms with E-state index in [2.05, 4.69) is 12.2 Å². The van der Waals surface area contributed by atoms with Crippen LogP contribution in [0.4, 0.5) is 0 Å². The molecule has 0 heterocycles. The molecule has 2 aromatic rings. The maximum absolute atomic E-state index is 12.4. The molecule has 3 nitrogen and oxygen atoms in total. The minimum Gasteiger partial charge on any atom is -0.496 e. The van der Waals surface area contributed by atoms with Crippen LogP contribution in [0.25, 0.3) is 0 Å². The number of para-hydroxylation sites is 1. The average Bonchev–Trinajstić information content (AvgIpc) is 2.53. The Hall–Kier alpha value is -2.29. The van der Waals surface area contributed by atoms with Gasteiger partial charge in [-0.05, 0) is 24.1 Å². The molecule has 2 aromatic carbocycles. The lowest BCUT2D eigenvalue weighted by atomic mass is 10.0. The lowest BCUT2D eigenvalue weighted by Gasteiger charge is -2.18. The Morgan fingerprint density at radius 1 is 1.10 bits per heavy atom. The number of hydrogen-bond acceptors (Lipinski definition) is 2. The van der Waals surface area contributed by atoms with Gasteiger partial charge in [-0.2, -0.15) is 0 Å². The molecule has 20 heavy (non-hydrogen) atoms. The fourth-order valence-electron chi connectivity index (χ4n) is 2.17. The van der Waals surface area contributed by atoms with Crippen molar-refractivity contribution in [3.05, 3.63) is 65.7 Å². The molecule has 3 heteroatoms. The van der Waals surface area contributed by atoms with Crippen molar-refractivity contribution in [3.63, 3.8) is 0 Å². The number of carbonyl (C=O) groups is 1. The first-order chi connectivity index (χ1) is 9.76. The van der Waals surface area contributed by atoms with Crippen molar-refractivity contribution >= 4 is 5.91 Å². The lowest BCUT2D eigenvalue weighted by Crippen LogP contribution is -2.28. The Balaban J connectivity index is 2.18. The van der Waals surface area contributed by atoms with Crippen LogP contribution >= 0.6 is 0 Å². The highest BCUT2D eigenvalue weighted by molar-refractivity contribution is 5.97. The topological polar surface area (TPSA) is 38.3 Å². The van der Waals surface area contributed by atoms with E-state index in [0.717, 1.165) is 12.0 Å². The zero-order valence-corrected chi connectivity index (χ0v) is 11.8. The third-order valence-electron chi connectivity index (χ3n) is 3.27. The van der Waals surface area contributed by atoms with Gasteiger partial charge in [-0.25, -0.2) is 0 Å². The van der Waals surface area contributed by atoms with Crippen LogP contribution in [0.15, 0.2) is 54.6 Å². The van der Waals surface area contributed by atoms with Crippen LogP contribution in [-0.2, 0) is 0 Å². The van der Waals surface area contributed by atoms with Gasteiger partial charge in [0.25, 0.3) is 5.91 Å². The largest absolute Gasteiger partial charge is 0.496 e. The molecule has 0 aromatic heterocycles. The molecule has 1 amide bonds. The molecule has 0 aliphatic heterocycles. The lowest BCUT2D eigenvalue weighted by molar-refractivity contribution is 0.0932. The molecule has 0 radical (unpaired) electrons. The van der Waals surface area contributed by atoms with Crippen molar-refractivity contribution in [1.82, 2.24) is 5.32 Å². The standard InChI is InChI=1S/C17H19NO2/c1-3-15(13-9-5-4-6-10-13)18-17(19)14-11-7-8-12-16(14)20-2/h4-12,15H,3H2,1-2H3,(H,18,19)/t15-/m0/s1. The summed E-state index contributed by atoms with van der Waals surface area (Å²) in [5.41, 5.74) is 1.67. The maximum Gasteiger partial charge on any atom is 0.255 e. The fourth-order valence-corrected chi connectivity index (χ4v) is 2.17. The van der Waals surface area contributed by atoms with Crippen LogP contribution in [0.2, 0.25) is 0 Å². The number of hydrogen-bond donors (Lipinski definition) is 1. The monoisotopic (exact) mass is 269 g/mol. The molecule has 0 spiro atoms. The highest BCUT2D eigenvalue weighted by atomic mass is 16.5. The van der Waals surface area contributed by atoms with Crippen LogP contribution in [0.5, 0.6) is 5.75 Å². The fraction of sp³-hybridized carbons (Fsp3) is 0.235.